The number of aliphatic carboxylic acids is 1. The van der Waals surface area contributed by atoms with Crippen LogP contribution in [0, 0.1) is 11.8 Å². The van der Waals surface area contributed by atoms with E-state index in [4.69, 9.17) is 10.5 Å². The van der Waals surface area contributed by atoms with Gasteiger partial charge in [-0.3, -0.25) is 24.6 Å². The molecule has 4 atom stereocenters. The number of amides is 4. The van der Waals surface area contributed by atoms with Crippen LogP contribution in [0.5, 0.6) is 11.5 Å². The predicted octanol–water partition coefficient (Wildman–Crippen LogP) is 1.25. The number of phenolic OH excluding ortho intramolecular Hbond substituents is 1. The van der Waals surface area contributed by atoms with Gasteiger partial charge in [0, 0.05) is 18.6 Å². The fraction of sp³-hybridized carbons (Fsp3) is 0.583. The Morgan fingerprint density at radius 1 is 1.23 bits per heavy atom. The number of urea groups is 1. The Morgan fingerprint density at radius 2 is 1.94 bits per heavy atom. The fourth-order valence-electron chi connectivity index (χ4n) is 6.01. The summed E-state index contributed by atoms with van der Waals surface area (Å²) in [6.45, 7) is 0.135. The number of aromatic hydroxyl groups is 1. The van der Waals surface area contributed by atoms with Crippen molar-refractivity contribution in [3.05, 3.63) is 23.8 Å². The van der Waals surface area contributed by atoms with Gasteiger partial charge in [0.1, 0.15) is 5.54 Å². The Morgan fingerprint density at radius 3 is 2.57 bits per heavy atom. The Bertz CT molecular complexity index is 1030. The van der Waals surface area contributed by atoms with Crippen molar-refractivity contribution in [2.75, 3.05) is 13.7 Å². The summed E-state index contributed by atoms with van der Waals surface area (Å²) in [5, 5.41) is 26.0. The van der Waals surface area contributed by atoms with Crippen LogP contribution in [-0.4, -0.2) is 64.2 Å². The van der Waals surface area contributed by atoms with Gasteiger partial charge < -0.3 is 26.0 Å². The second-order valence-corrected chi connectivity index (χ2v) is 9.57. The number of nitrogens with one attached hydrogen (secondary N) is 2. The molecule has 0 radical (unpaired) electrons. The normalized spacial score (nSPS) is 28.7. The molecule has 0 aromatic heterocycles. The van der Waals surface area contributed by atoms with Gasteiger partial charge in [0.15, 0.2) is 11.5 Å². The lowest BCUT2D eigenvalue weighted by Crippen LogP contribution is -2.56. The number of methoxy groups -OCH3 is 1. The number of phenols is 1. The second kappa shape index (κ2) is 9.73. The van der Waals surface area contributed by atoms with E-state index < -0.39 is 41.3 Å². The van der Waals surface area contributed by atoms with Crippen LogP contribution in [0.4, 0.5) is 4.79 Å². The number of carboxylic acid groups (broad SMARTS) is 1. The highest BCUT2D eigenvalue weighted by Crippen LogP contribution is 2.52. The first-order valence-electron chi connectivity index (χ1n) is 12.0. The van der Waals surface area contributed by atoms with Crippen molar-refractivity contribution < 1.29 is 34.1 Å². The van der Waals surface area contributed by atoms with Gasteiger partial charge in [-0.15, -0.1) is 0 Å². The molecule has 1 aliphatic carbocycles. The first-order chi connectivity index (χ1) is 16.7. The highest BCUT2D eigenvalue weighted by molar-refractivity contribution is 6.09. The van der Waals surface area contributed by atoms with E-state index in [0.717, 1.165) is 19.3 Å². The molecule has 2 saturated heterocycles. The lowest BCUT2D eigenvalue weighted by atomic mass is 9.77. The van der Waals surface area contributed by atoms with Crippen LogP contribution >= 0.6 is 0 Å². The van der Waals surface area contributed by atoms with Gasteiger partial charge in [-0.25, -0.2) is 4.79 Å². The molecule has 3 aliphatic rings. The number of hydrogen-bond acceptors (Lipinski definition) is 7. The van der Waals surface area contributed by atoms with Crippen molar-refractivity contribution in [3.63, 3.8) is 0 Å². The molecule has 2 aliphatic heterocycles. The van der Waals surface area contributed by atoms with Gasteiger partial charge in [0.25, 0.3) is 0 Å². The van der Waals surface area contributed by atoms with Crippen LogP contribution < -0.4 is 21.1 Å². The van der Waals surface area contributed by atoms with Crippen molar-refractivity contribution in [1.82, 2.24) is 15.5 Å². The highest BCUT2D eigenvalue weighted by atomic mass is 16.5. The summed E-state index contributed by atoms with van der Waals surface area (Å²) >= 11 is 0. The summed E-state index contributed by atoms with van der Waals surface area (Å²) < 4.78 is 5.21. The number of fused-ring (bicyclic) bond motifs is 1. The standard InChI is InChI=1S/C24H32N4O7/c1-35-16-12-13(8-9-15(16)29)19-17-18(21(31)28(20(17)30)14-6-3-2-4-7-14)24(27-19,22(32)33)10-5-11-26-23(25)34/h8-9,12,14,17-19,27,29H,2-7,10-11H2,1H3,(H,32,33)(H3,25,26,34). The van der Waals surface area contributed by atoms with Crippen molar-refractivity contribution in [1.29, 1.82) is 0 Å². The zero-order valence-corrected chi connectivity index (χ0v) is 19.7. The Kier molecular flexibility index (Phi) is 6.88. The molecule has 190 valence electrons. The highest BCUT2D eigenvalue weighted by Gasteiger charge is 2.68. The largest absolute Gasteiger partial charge is 0.504 e. The second-order valence-electron chi connectivity index (χ2n) is 9.57. The molecule has 11 nitrogen and oxygen atoms in total. The maximum absolute atomic E-state index is 13.8. The van der Waals surface area contributed by atoms with Crippen LogP contribution in [-0.2, 0) is 14.4 Å². The quantitative estimate of drug-likeness (QED) is 0.269. The average Bonchev–Trinajstić information content (AvgIpc) is 3.32. The number of nitrogens with two attached hydrogens (primary N) is 1. The molecular weight excluding hydrogens is 456 g/mol. The number of benzene rings is 1. The topological polar surface area (TPSA) is 171 Å². The molecule has 4 unspecified atom stereocenters. The number of carboxylic acids is 1. The van der Waals surface area contributed by atoms with E-state index in [1.165, 1.54) is 18.1 Å². The Balaban J connectivity index is 1.74. The Hall–Kier alpha value is -3.34. The van der Waals surface area contributed by atoms with Crippen LogP contribution in [0.1, 0.15) is 56.6 Å². The molecule has 1 aromatic carbocycles. The number of carbonyl (C=O) groups excluding carboxylic acids is 3. The summed E-state index contributed by atoms with van der Waals surface area (Å²) in [7, 11) is 1.39. The van der Waals surface area contributed by atoms with Crippen molar-refractivity contribution in [2.24, 2.45) is 17.6 Å². The molecule has 0 bridgehead atoms. The molecule has 6 N–H and O–H groups in total. The molecular formula is C24H32N4O7. The molecule has 4 rings (SSSR count). The lowest BCUT2D eigenvalue weighted by molar-refractivity contribution is -0.153. The number of rotatable bonds is 8. The minimum atomic E-state index is -1.71. The zero-order valence-electron chi connectivity index (χ0n) is 19.7. The summed E-state index contributed by atoms with van der Waals surface area (Å²) in [6.07, 6.45) is 4.54. The molecule has 1 saturated carbocycles. The van der Waals surface area contributed by atoms with Crippen molar-refractivity contribution in [2.45, 2.75) is 62.6 Å². The maximum Gasteiger partial charge on any atom is 0.324 e. The minimum absolute atomic E-state index is 0.00697. The fourth-order valence-corrected chi connectivity index (χ4v) is 6.01. The van der Waals surface area contributed by atoms with Crippen LogP contribution in [0.2, 0.25) is 0 Å². The van der Waals surface area contributed by atoms with Crippen LogP contribution in [0.25, 0.3) is 0 Å². The molecule has 35 heavy (non-hydrogen) atoms. The maximum atomic E-state index is 13.8. The number of imide groups is 1. The van der Waals surface area contributed by atoms with E-state index in [-0.39, 0.29) is 42.8 Å². The van der Waals surface area contributed by atoms with Crippen molar-refractivity contribution in [3.8, 4) is 11.5 Å². The number of likely N-dealkylation sites (tertiary alicyclic amines) is 1. The molecule has 4 amide bonds. The summed E-state index contributed by atoms with van der Waals surface area (Å²) in [4.78, 5) is 52.7. The van der Waals surface area contributed by atoms with E-state index in [9.17, 15) is 29.4 Å². The van der Waals surface area contributed by atoms with Crippen molar-refractivity contribution >= 4 is 23.8 Å². The molecule has 3 fully saturated rings. The monoisotopic (exact) mass is 488 g/mol. The van der Waals surface area contributed by atoms with E-state index >= 15 is 0 Å². The Labute approximate surface area is 203 Å². The summed E-state index contributed by atoms with van der Waals surface area (Å²) in [5.41, 5.74) is 3.95. The average molecular weight is 489 g/mol. The van der Waals surface area contributed by atoms with E-state index in [1.807, 2.05) is 0 Å². The smallest absolute Gasteiger partial charge is 0.324 e. The van der Waals surface area contributed by atoms with Gasteiger partial charge in [0.05, 0.1) is 18.9 Å². The van der Waals surface area contributed by atoms with E-state index in [1.54, 1.807) is 12.1 Å². The lowest BCUT2D eigenvalue weighted by Gasteiger charge is -2.34. The number of nitrogens with zero attached hydrogens (tertiary/aromatic N) is 1. The molecule has 0 spiro atoms. The SMILES string of the molecule is COc1cc(C2NC(CCCNC(N)=O)(C(=O)O)C3C(=O)N(C4CCCCC4)C(=O)C23)ccc1O. The third kappa shape index (κ3) is 4.29. The van der Waals surface area contributed by atoms with Gasteiger partial charge in [-0.1, -0.05) is 25.3 Å². The molecule has 1 aromatic rings. The van der Waals surface area contributed by atoms with E-state index in [0.29, 0.717) is 18.4 Å². The number of primary amides is 1. The number of ether oxygens (including phenoxy) is 1. The first kappa shape index (κ1) is 24.8. The van der Waals surface area contributed by atoms with Gasteiger partial charge in [-0.2, -0.15) is 0 Å². The number of carbonyl (C=O) groups is 4. The van der Waals surface area contributed by atoms with E-state index in [2.05, 4.69) is 10.6 Å². The van der Waals surface area contributed by atoms with Gasteiger partial charge >= 0.3 is 12.0 Å². The molecule has 2 heterocycles. The summed E-state index contributed by atoms with van der Waals surface area (Å²) in [6, 6.07) is 2.84. The predicted molar refractivity (Wildman–Crippen MR) is 123 cm³/mol. The third-order valence-electron chi connectivity index (χ3n) is 7.62. The van der Waals surface area contributed by atoms with Crippen LogP contribution in [0.15, 0.2) is 18.2 Å². The minimum Gasteiger partial charge on any atom is -0.504 e. The van der Waals surface area contributed by atoms with Gasteiger partial charge in [-0.05, 0) is 43.4 Å². The third-order valence-corrected chi connectivity index (χ3v) is 7.62. The summed E-state index contributed by atoms with van der Waals surface area (Å²) in [5.74, 6) is -3.99. The first-order valence-corrected chi connectivity index (χ1v) is 12.0. The molecule has 11 heteroatoms. The van der Waals surface area contributed by atoms with Gasteiger partial charge in [0.2, 0.25) is 11.8 Å². The number of hydrogen-bond donors (Lipinski definition) is 5. The zero-order chi connectivity index (χ0) is 25.3. The van der Waals surface area contributed by atoms with Crippen LogP contribution in [0.3, 0.4) is 0 Å².